The molecule has 0 spiro atoms. The minimum absolute atomic E-state index is 0.156. The summed E-state index contributed by atoms with van der Waals surface area (Å²) >= 11 is 12.2. The van der Waals surface area contributed by atoms with Gasteiger partial charge in [-0.15, -0.1) is 11.6 Å². The molecule has 0 N–H and O–H groups in total. The SMILES string of the molecule is CCOCC(C)n1c(CCl)nc2cccc(Cl)c21. The Bertz CT molecular complexity index is 539. The van der Waals surface area contributed by atoms with Crippen molar-refractivity contribution < 1.29 is 4.74 Å². The average molecular weight is 287 g/mol. The summed E-state index contributed by atoms with van der Waals surface area (Å²) in [5, 5.41) is 0.694. The maximum atomic E-state index is 6.27. The summed E-state index contributed by atoms with van der Waals surface area (Å²) in [6.07, 6.45) is 0. The number of rotatable bonds is 5. The van der Waals surface area contributed by atoms with Gasteiger partial charge in [-0.2, -0.15) is 0 Å². The van der Waals surface area contributed by atoms with E-state index in [-0.39, 0.29) is 6.04 Å². The van der Waals surface area contributed by atoms with E-state index < -0.39 is 0 Å². The third-order valence-electron chi connectivity index (χ3n) is 2.86. The molecule has 0 radical (unpaired) electrons. The van der Waals surface area contributed by atoms with E-state index in [2.05, 4.69) is 16.5 Å². The lowest BCUT2D eigenvalue weighted by molar-refractivity contribution is 0.119. The normalized spacial score (nSPS) is 13.1. The number of imidazole rings is 1. The number of benzene rings is 1. The number of para-hydroxylation sites is 1. The van der Waals surface area contributed by atoms with Crippen LogP contribution in [-0.2, 0) is 10.6 Å². The topological polar surface area (TPSA) is 27.1 Å². The van der Waals surface area contributed by atoms with Crippen LogP contribution in [0, 0.1) is 0 Å². The molecule has 0 aliphatic heterocycles. The van der Waals surface area contributed by atoms with Gasteiger partial charge in [0.1, 0.15) is 5.82 Å². The van der Waals surface area contributed by atoms with Crippen molar-refractivity contribution in [2.24, 2.45) is 0 Å². The van der Waals surface area contributed by atoms with Crippen LogP contribution in [0.4, 0.5) is 0 Å². The smallest absolute Gasteiger partial charge is 0.125 e. The molecule has 0 saturated heterocycles. The molecule has 98 valence electrons. The molecule has 1 aromatic carbocycles. The summed E-state index contributed by atoms with van der Waals surface area (Å²) in [6.45, 7) is 5.38. The second-order valence-electron chi connectivity index (χ2n) is 4.15. The molecule has 0 fully saturated rings. The predicted molar refractivity (Wildman–Crippen MR) is 75.5 cm³/mol. The average Bonchev–Trinajstić information content (AvgIpc) is 2.76. The van der Waals surface area contributed by atoms with E-state index in [9.17, 15) is 0 Å². The van der Waals surface area contributed by atoms with Gasteiger partial charge >= 0.3 is 0 Å². The van der Waals surface area contributed by atoms with Crippen molar-refractivity contribution in [3.63, 3.8) is 0 Å². The van der Waals surface area contributed by atoms with E-state index in [1.54, 1.807) is 0 Å². The predicted octanol–water partition coefficient (Wildman–Crippen LogP) is 4.03. The van der Waals surface area contributed by atoms with E-state index in [1.807, 2.05) is 25.1 Å². The molecule has 0 bridgehead atoms. The van der Waals surface area contributed by atoms with Crippen molar-refractivity contribution in [2.45, 2.75) is 25.8 Å². The van der Waals surface area contributed by atoms with Crippen molar-refractivity contribution >= 4 is 34.2 Å². The van der Waals surface area contributed by atoms with Crippen LogP contribution in [0.3, 0.4) is 0 Å². The Morgan fingerprint density at radius 2 is 2.22 bits per heavy atom. The van der Waals surface area contributed by atoms with Crippen LogP contribution in [0.5, 0.6) is 0 Å². The summed E-state index contributed by atoms with van der Waals surface area (Å²) < 4.78 is 7.54. The van der Waals surface area contributed by atoms with Gasteiger partial charge in [-0.05, 0) is 26.0 Å². The van der Waals surface area contributed by atoms with Crippen molar-refractivity contribution in [3.05, 3.63) is 29.0 Å². The highest BCUT2D eigenvalue weighted by molar-refractivity contribution is 6.35. The summed E-state index contributed by atoms with van der Waals surface area (Å²) in [5.41, 5.74) is 1.81. The maximum Gasteiger partial charge on any atom is 0.125 e. The molecule has 1 heterocycles. The number of fused-ring (bicyclic) bond motifs is 1. The van der Waals surface area contributed by atoms with Gasteiger partial charge < -0.3 is 9.30 Å². The van der Waals surface area contributed by atoms with E-state index >= 15 is 0 Å². The monoisotopic (exact) mass is 286 g/mol. The van der Waals surface area contributed by atoms with E-state index in [1.165, 1.54) is 0 Å². The molecule has 0 aliphatic rings. The molecule has 0 amide bonds. The third kappa shape index (κ3) is 2.48. The highest BCUT2D eigenvalue weighted by atomic mass is 35.5. The summed E-state index contributed by atoms with van der Waals surface area (Å²) in [7, 11) is 0. The molecule has 0 aliphatic carbocycles. The Kier molecular flexibility index (Phi) is 4.49. The zero-order chi connectivity index (χ0) is 13.1. The number of ether oxygens (including phenoxy) is 1. The zero-order valence-electron chi connectivity index (χ0n) is 10.5. The first-order chi connectivity index (χ1) is 8.69. The van der Waals surface area contributed by atoms with Crippen LogP contribution in [0.2, 0.25) is 5.02 Å². The Balaban J connectivity index is 2.52. The number of alkyl halides is 1. The Labute approximate surface area is 117 Å². The van der Waals surface area contributed by atoms with Gasteiger partial charge in [0.2, 0.25) is 0 Å². The van der Waals surface area contributed by atoms with Crippen LogP contribution in [0.25, 0.3) is 11.0 Å². The molecule has 1 atom stereocenters. The second kappa shape index (κ2) is 5.91. The van der Waals surface area contributed by atoms with Gasteiger partial charge in [0.15, 0.2) is 0 Å². The van der Waals surface area contributed by atoms with Crippen LogP contribution >= 0.6 is 23.2 Å². The van der Waals surface area contributed by atoms with Gasteiger partial charge in [0, 0.05) is 6.61 Å². The van der Waals surface area contributed by atoms with Crippen LogP contribution in [-0.4, -0.2) is 22.8 Å². The number of halogens is 2. The molecular weight excluding hydrogens is 271 g/mol. The van der Waals surface area contributed by atoms with Crippen LogP contribution < -0.4 is 0 Å². The molecule has 0 saturated carbocycles. The van der Waals surface area contributed by atoms with Crippen LogP contribution in [0.15, 0.2) is 18.2 Å². The number of hydrogen-bond acceptors (Lipinski definition) is 2. The van der Waals surface area contributed by atoms with Crippen molar-refractivity contribution in [1.29, 1.82) is 0 Å². The first-order valence-electron chi connectivity index (χ1n) is 5.98. The molecule has 1 unspecified atom stereocenters. The first-order valence-corrected chi connectivity index (χ1v) is 6.89. The van der Waals surface area contributed by atoms with Crippen molar-refractivity contribution in [2.75, 3.05) is 13.2 Å². The summed E-state index contributed by atoms with van der Waals surface area (Å²) in [4.78, 5) is 4.51. The molecule has 2 aromatic rings. The Hall–Kier alpha value is -0.770. The van der Waals surface area contributed by atoms with Gasteiger partial charge in [-0.1, -0.05) is 17.7 Å². The van der Waals surface area contributed by atoms with Crippen LogP contribution in [0.1, 0.15) is 25.7 Å². The lowest BCUT2D eigenvalue weighted by Gasteiger charge is -2.17. The third-order valence-corrected chi connectivity index (χ3v) is 3.40. The minimum atomic E-state index is 0.156. The fraction of sp³-hybridized carbons (Fsp3) is 0.462. The van der Waals surface area contributed by atoms with Gasteiger partial charge in [-0.25, -0.2) is 4.98 Å². The number of aromatic nitrogens is 2. The van der Waals surface area contributed by atoms with Gasteiger partial charge in [0.05, 0.1) is 34.6 Å². The number of nitrogens with zero attached hydrogens (tertiary/aromatic N) is 2. The standard InChI is InChI=1S/C13H16Cl2N2O/c1-3-18-8-9(2)17-12(7-14)16-11-6-4-5-10(15)13(11)17/h4-6,9H,3,7-8H2,1-2H3. The molecule has 18 heavy (non-hydrogen) atoms. The second-order valence-corrected chi connectivity index (χ2v) is 4.82. The largest absolute Gasteiger partial charge is 0.380 e. The molecular formula is C13H16Cl2N2O. The molecule has 2 rings (SSSR count). The van der Waals surface area contributed by atoms with E-state index in [0.717, 1.165) is 16.9 Å². The van der Waals surface area contributed by atoms with E-state index in [4.69, 9.17) is 27.9 Å². The highest BCUT2D eigenvalue weighted by Crippen LogP contribution is 2.28. The minimum Gasteiger partial charge on any atom is -0.380 e. The molecule has 3 nitrogen and oxygen atoms in total. The lowest BCUT2D eigenvalue weighted by atomic mass is 10.3. The Morgan fingerprint density at radius 3 is 2.89 bits per heavy atom. The fourth-order valence-corrected chi connectivity index (χ4v) is 2.54. The number of hydrogen-bond donors (Lipinski definition) is 0. The first kappa shape index (κ1) is 13.7. The maximum absolute atomic E-state index is 6.27. The van der Waals surface area contributed by atoms with E-state index in [0.29, 0.717) is 24.1 Å². The quantitative estimate of drug-likeness (QED) is 0.776. The lowest BCUT2D eigenvalue weighted by Crippen LogP contribution is -2.14. The van der Waals surface area contributed by atoms with Crippen molar-refractivity contribution in [3.8, 4) is 0 Å². The molecule has 5 heteroatoms. The van der Waals surface area contributed by atoms with Crippen molar-refractivity contribution in [1.82, 2.24) is 9.55 Å². The highest BCUT2D eigenvalue weighted by Gasteiger charge is 2.17. The fourth-order valence-electron chi connectivity index (χ4n) is 2.09. The Morgan fingerprint density at radius 1 is 1.44 bits per heavy atom. The molecule has 1 aromatic heterocycles. The van der Waals surface area contributed by atoms with Gasteiger partial charge in [0.25, 0.3) is 0 Å². The van der Waals surface area contributed by atoms with Gasteiger partial charge in [-0.3, -0.25) is 0 Å². The summed E-state index contributed by atoms with van der Waals surface area (Å²) in [5.74, 6) is 1.19. The summed E-state index contributed by atoms with van der Waals surface area (Å²) in [6, 6.07) is 5.87. The zero-order valence-corrected chi connectivity index (χ0v) is 12.0.